The van der Waals surface area contributed by atoms with Gasteiger partial charge in [0.05, 0.1) is 13.2 Å². The van der Waals surface area contributed by atoms with Crippen molar-refractivity contribution >= 4 is 29.9 Å². The van der Waals surface area contributed by atoms with Gasteiger partial charge in [-0.2, -0.15) is 0 Å². The number of rotatable bonds is 6. The highest BCUT2D eigenvalue weighted by Gasteiger charge is 2.27. The zero-order valence-electron chi connectivity index (χ0n) is 13.1. The molecule has 0 aliphatic heterocycles. The Morgan fingerprint density at radius 2 is 2.14 bits per heavy atom. The van der Waals surface area contributed by atoms with E-state index in [4.69, 9.17) is 10.5 Å². The molecule has 2 N–H and O–H groups in total. The van der Waals surface area contributed by atoms with Crippen molar-refractivity contribution in [3.05, 3.63) is 29.8 Å². The van der Waals surface area contributed by atoms with Gasteiger partial charge >= 0.3 is 0 Å². The highest BCUT2D eigenvalue weighted by atomic mass is 127. The van der Waals surface area contributed by atoms with Crippen LogP contribution >= 0.6 is 24.0 Å². The second-order valence-electron chi connectivity index (χ2n) is 5.87. The normalized spacial score (nSPS) is 14.8. The minimum absolute atomic E-state index is 0. The number of ether oxygens (including phenoxy) is 1. The Labute approximate surface area is 144 Å². The van der Waals surface area contributed by atoms with Crippen LogP contribution < -0.4 is 10.5 Å². The van der Waals surface area contributed by atoms with Crippen LogP contribution in [-0.2, 0) is 6.54 Å². The summed E-state index contributed by atoms with van der Waals surface area (Å²) < 4.78 is 5.72. The summed E-state index contributed by atoms with van der Waals surface area (Å²) >= 11 is 0. The van der Waals surface area contributed by atoms with Crippen LogP contribution in [0.15, 0.2) is 29.3 Å². The molecule has 0 spiro atoms. The fraction of sp³-hybridized carbons (Fsp3) is 0.562. The van der Waals surface area contributed by atoms with Gasteiger partial charge in [-0.25, -0.2) is 4.99 Å². The lowest BCUT2D eigenvalue weighted by Crippen LogP contribution is -2.35. The van der Waals surface area contributed by atoms with E-state index in [0.717, 1.165) is 17.9 Å². The van der Waals surface area contributed by atoms with Crippen molar-refractivity contribution in [3.8, 4) is 5.75 Å². The van der Waals surface area contributed by atoms with Crippen LogP contribution in [0.5, 0.6) is 5.75 Å². The molecule has 2 rings (SSSR count). The Hall–Kier alpha value is -0.980. The lowest BCUT2D eigenvalue weighted by atomic mass is 10.2. The number of guanidine groups is 1. The smallest absolute Gasteiger partial charge is 0.191 e. The highest BCUT2D eigenvalue weighted by Crippen LogP contribution is 2.25. The lowest BCUT2D eigenvalue weighted by Gasteiger charge is -2.16. The number of benzene rings is 1. The van der Waals surface area contributed by atoms with E-state index in [0.29, 0.717) is 24.5 Å². The van der Waals surface area contributed by atoms with E-state index in [2.05, 4.69) is 29.8 Å². The molecule has 4 nitrogen and oxygen atoms in total. The predicted molar refractivity (Wildman–Crippen MR) is 98.3 cm³/mol. The third kappa shape index (κ3) is 6.11. The van der Waals surface area contributed by atoms with Gasteiger partial charge in [-0.1, -0.05) is 26.0 Å². The quantitative estimate of drug-likeness (QED) is 0.451. The van der Waals surface area contributed by atoms with Crippen LogP contribution in [0.3, 0.4) is 0 Å². The third-order valence-corrected chi connectivity index (χ3v) is 3.36. The topological polar surface area (TPSA) is 50.9 Å². The van der Waals surface area contributed by atoms with E-state index in [1.54, 1.807) is 0 Å². The van der Waals surface area contributed by atoms with Crippen molar-refractivity contribution in [2.45, 2.75) is 39.3 Å². The molecule has 1 aliphatic carbocycles. The molecule has 5 heteroatoms. The summed E-state index contributed by atoms with van der Waals surface area (Å²) in [7, 11) is 2.01. The molecule has 1 aliphatic rings. The SMILES string of the molecule is CC(C)COc1cccc(CN=C(N)N(C)C2CC2)c1.I. The zero-order chi connectivity index (χ0) is 14.5. The Balaban J connectivity index is 0.00000220. The molecule has 0 atom stereocenters. The maximum atomic E-state index is 5.99. The molecular weight excluding hydrogens is 377 g/mol. The first-order chi connectivity index (χ1) is 9.56. The summed E-state index contributed by atoms with van der Waals surface area (Å²) in [4.78, 5) is 6.53. The summed E-state index contributed by atoms with van der Waals surface area (Å²) in [6.45, 7) is 5.62. The predicted octanol–water partition coefficient (Wildman–Crippen LogP) is 3.25. The van der Waals surface area contributed by atoms with Crippen molar-refractivity contribution in [2.75, 3.05) is 13.7 Å². The van der Waals surface area contributed by atoms with E-state index in [-0.39, 0.29) is 24.0 Å². The maximum absolute atomic E-state index is 5.99. The fourth-order valence-corrected chi connectivity index (χ4v) is 1.93. The van der Waals surface area contributed by atoms with E-state index in [9.17, 15) is 0 Å². The molecule has 21 heavy (non-hydrogen) atoms. The third-order valence-electron chi connectivity index (χ3n) is 3.36. The van der Waals surface area contributed by atoms with Crippen LogP contribution in [0.2, 0.25) is 0 Å². The Bertz CT molecular complexity index is 472. The van der Waals surface area contributed by atoms with E-state index >= 15 is 0 Å². The summed E-state index contributed by atoms with van der Waals surface area (Å²) in [6, 6.07) is 8.67. The van der Waals surface area contributed by atoms with Gasteiger partial charge in [-0.05, 0) is 36.5 Å². The Kier molecular flexibility index (Phi) is 7.28. The van der Waals surface area contributed by atoms with Crippen molar-refractivity contribution in [3.63, 3.8) is 0 Å². The number of nitrogens with two attached hydrogens (primary N) is 1. The second-order valence-corrected chi connectivity index (χ2v) is 5.87. The summed E-state index contributed by atoms with van der Waals surface area (Å²) in [5, 5.41) is 0. The zero-order valence-corrected chi connectivity index (χ0v) is 15.4. The van der Waals surface area contributed by atoms with Crippen LogP contribution in [0.4, 0.5) is 0 Å². The molecule has 0 aromatic heterocycles. The molecule has 118 valence electrons. The van der Waals surface area contributed by atoms with E-state index < -0.39 is 0 Å². The molecule has 1 aromatic carbocycles. The van der Waals surface area contributed by atoms with E-state index in [1.165, 1.54) is 12.8 Å². The van der Waals surface area contributed by atoms with Gasteiger partial charge in [0.1, 0.15) is 5.75 Å². The van der Waals surface area contributed by atoms with Gasteiger partial charge in [-0.15, -0.1) is 24.0 Å². The molecule has 0 radical (unpaired) electrons. The number of hydrogen-bond acceptors (Lipinski definition) is 2. The first kappa shape index (κ1) is 18.1. The van der Waals surface area contributed by atoms with E-state index in [1.807, 2.05) is 25.2 Å². The molecular formula is C16H26IN3O. The standard InChI is InChI=1S/C16H25N3O.HI/c1-12(2)11-20-15-6-4-5-13(9-15)10-18-16(17)19(3)14-7-8-14;/h4-6,9,12,14H,7-8,10-11H2,1-3H3,(H2,17,18);1H. The molecule has 0 unspecified atom stereocenters. The van der Waals surface area contributed by atoms with Crippen LogP contribution in [0.25, 0.3) is 0 Å². The number of nitrogens with zero attached hydrogens (tertiary/aromatic N) is 2. The van der Waals surface area contributed by atoms with Crippen molar-refractivity contribution < 1.29 is 4.74 Å². The number of hydrogen-bond donors (Lipinski definition) is 1. The first-order valence-electron chi connectivity index (χ1n) is 7.30. The number of halogens is 1. The van der Waals surface area contributed by atoms with Gasteiger partial charge in [0.25, 0.3) is 0 Å². The number of aliphatic imine (C=N–C) groups is 1. The molecule has 0 amide bonds. The van der Waals surface area contributed by atoms with Gasteiger partial charge in [-0.3, -0.25) is 0 Å². The average molecular weight is 403 g/mol. The second kappa shape index (κ2) is 8.46. The van der Waals surface area contributed by atoms with Gasteiger partial charge in [0, 0.05) is 13.1 Å². The fourth-order valence-electron chi connectivity index (χ4n) is 1.93. The minimum Gasteiger partial charge on any atom is -0.493 e. The molecule has 1 fully saturated rings. The van der Waals surface area contributed by atoms with Gasteiger partial charge in [0.2, 0.25) is 0 Å². The van der Waals surface area contributed by atoms with Crippen LogP contribution in [-0.4, -0.2) is 30.6 Å². The Morgan fingerprint density at radius 1 is 1.43 bits per heavy atom. The Morgan fingerprint density at radius 3 is 2.76 bits per heavy atom. The summed E-state index contributed by atoms with van der Waals surface area (Å²) in [5.74, 6) is 2.06. The van der Waals surface area contributed by atoms with Crippen molar-refractivity contribution in [1.29, 1.82) is 0 Å². The maximum Gasteiger partial charge on any atom is 0.191 e. The van der Waals surface area contributed by atoms with Crippen molar-refractivity contribution in [2.24, 2.45) is 16.6 Å². The minimum atomic E-state index is 0. The first-order valence-corrected chi connectivity index (χ1v) is 7.30. The molecule has 0 saturated heterocycles. The van der Waals surface area contributed by atoms with Gasteiger partial charge in [0.15, 0.2) is 5.96 Å². The molecule has 0 bridgehead atoms. The summed E-state index contributed by atoms with van der Waals surface area (Å²) in [5.41, 5.74) is 7.11. The average Bonchev–Trinajstić information content (AvgIpc) is 3.26. The molecule has 1 saturated carbocycles. The van der Waals surface area contributed by atoms with Crippen molar-refractivity contribution in [1.82, 2.24) is 4.90 Å². The monoisotopic (exact) mass is 403 g/mol. The van der Waals surface area contributed by atoms with Crippen LogP contribution in [0.1, 0.15) is 32.3 Å². The molecule has 1 aromatic rings. The van der Waals surface area contributed by atoms with Crippen LogP contribution in [0, 0.1) is 5.92 Å². The highest BCUT2D eigenvalue weighted by molar-refractivity contribution is 14.0. The largest absolute Gasteiger partial charge is 0.493 e. The lowest BCUT2D eigenvalue weighted by molar-refractivity contribution is 0.271. The van der Waals surface area contributed by atoms with Gasteiger partial charge < -0.3 is 15.4 Å². The summed E-state index contributed by atoms with van der Waals surface area (Å²) in [6.07, 6.45) is 2.45. The molecule has 0 heterocycles.